The lowest BCUT2D eigenvalue weighted by Crippen LogP contribution is -2.38. The summed E-state index contributed by atoms with van der Waals surface area (Å²) in [4.78, 5) is 0. The first-order chi connectivity index (χ1) is 6.77. The molecular weight excluding hydrogens is 178 g/mol. The molecular formula is C11H17NO2. The lowest BCUT2D eigenvalue weighted by atomic mass is 9.98. The minimum Gasteiger partial charge on any atom is -0.464 e. The van der Waals surface area contributed by atoms with E-state index < -0.39 is 6.10 Å². The van der Waals surface area contributed by atoms with E-state index in [0.717, 1.165) is 18.7 Å². The second kappa shape index (κ2) is 4.15. The first-order valence-corrected chi connectivity index (χ1v) is 5.25. The van der Waals surface area contributed by atoms with Gasteiger partial charge in [-0.3, -0.25) is 0 Å². The minimum atomic E-state index is -0.496. The third-order valence-corrected chi connectivity index (χ3v) is 2.78. The Bertz CT molecular complexity index is 289. The molecule has 0 aliphatic carbocycles. The predicted molar refractivity (Wildman–Crippen MR) is 54.0 cm³/mol. The highest BCUT2D eigenvalue weighted by Gasteiger charge is 2.24. The molecule has 0 spiro atoms. The van der Waals surface area contributed by atoms with E-state index in [1.807, 2.05) is 19.1 Å². The number of aliphatic hydroxyl groups is 1. The Labute approximate surface area is 84.1 Å². The number of piperidine rings is 1. The fourth-order valence-electron chi connectivity index (χ4n) is 1.96. The molecule has 0 amide bonds. The molecule has 2 heterocycles. The van der Waals surface area contributed by atoms with Gasteiger partial charge in [-0.2, -0.15) is 0 Å². The fourth-order valence-corrected chi connectivity index (χ4v) is 1.96. The molecule has 1 saturated heterocycles. The summed E-state index contributed by atoms with van der Waals surface area (Å²) in [5.41, 5.74) is 0. The van der Waals surface area contributed by atoms with Gasteiger partial charge in [-0.15, -0.1) is 0 Å². The van der Waals surface area contributed by atoms with Crippen molar-refractivity contribution in [2.75, 3.05) is 6.54 Å². The van der Waals surface area contributed by atoms with Crippen LogP contribution in [-0.2, 0) is 0 Å². The zero-order valence-corrected chi connectivity index (χ0v) is 8.49. The number of furan rings is 1. The molecule has 2 atom stereocenters. The summed E-state index contributed by atoms with van der Waals surface area (Å²) < 4.78 is 5.41. The van der Waals surface area contributed by atoms with Gasteiger partial charge in [0.2, 0.25) is 0 Å². The Morgan fingerprint density at radius 1 is 1.50 bits per heavy atom. The van der Waals surface area contributed by atoms with Crippen molar-refractivity contribution in [3.8, 4) is 0 Å². The topological polar surface area (TPSA) is 45.4 Å². The number of hydrogen-bond donors (Lipinski definition) is 2. The highest BCUT2D eigenvalue weighted by molar-refractivity contribution is 5.10. The summed E-state index contributed by atoms with van der Waals surface area (Å²) in [6.07, 6.45) is 2.93. The van der Waals surface area contributed by atoms with Crippen LogP contribution < -0.4 is 5.32 Å². The Morgan fingerprint density at radius 3 is 2.93 bits per heavy atom. The van der Waals surface area contributed by atoms with E-state index in [1.165, 1.54) is 12.8 Å². The number of nitrogens with one attached hydrogen (secondary N) is 1. The first kappa shape index (κ1) is 9.74. The van der Waals surface area contributed by atoms with Gasteiger partial charge in [-0.05, 0) is 38.4 Å². The highest BCUT2D eigenvalue weighted by atomic mass is 16.4. The Hall–Kier alpha value is -0.800. The van der Waals surface area contributed by atoms with Gasteiger partial charge < -0.3 is 14.8 Å². The van der Waals surface area contributed by atoms with Crippen LogP contribution in [0.25, 0.3) is 0 Å². The van der Waals surface area contributed by atoms with E-state index in [0.29, 0.717) is 5.76 Å². The molecule has 1 fully saturated rings. The van der Waals surface area contributed by atoms with Crippen LogP contribution in [0, 0.1) is 6.92 Å². The van der Waals surface area contributed by atoms with Gasteiger partial charge in [0.1, 0.15) is 17.6 Å². The summed E-state index contributed by atoms with van der Waals surface area (Å²) in [6, 6.07) is 3.91. The summed E-state index contributed by atoms with van der Waals surface area (Å²) in [5, 5.41) is 13.3. The molecule has 3 nitrogen and oxygen atoms in total. The van der Waals surface area contributed by atoms with E-state index in [2.05, 4.69) is 5.32 Å². The van der Waals surface area contributed by atoms with Crippen LogP contribution in [0.5, 0.6) is 0 Å². The van der Waals surface area contributed by atoms with Crippen LogP contribution in [-0.4, -0.2) is 17.7 Å². The van der Waals surface area contributed by atoms with Crippen LogP contribution in [0.15, 0.2) is 16.5 Å². The minimum absolute atomic E-state index is 0.161. The lowest BCUT2D eigenvalue weighted by Gasteiger charge is -2.26. The summed E-state index contributed by atoms with van der Waals surface area (Å²) in [5.74, 6) is 1.54. The fraction of sp³-hybridized carbons (Fsp3) is 0.636. The van der Waals surface area contributed by atoms with E-state index in [9.17, 15) is 5.11 Å². The molecule has 2 rings (SSSR count). The van der Waals surface area contributed by atoms with E-state index in [1.54, 1.807) is 0 Å². The molecule has 0 radical (unpaired) electrons. The lowest BCUT2D eigenvalue weighted by molar-refractivity contribution is 0.0915. The van der Waals surface area contributed by atoms with Gasteiger partial charge in [-0.1, -0.05) is 6.42 Å². The van der Waals surface area contributed by atoms with Crippen molar-refractivity contribution in [2.24, 2.45) is 0 Å². The molecule has 1 aromatic heterocycles. The molecule has 3 heteroatoms. The Balaban J connectivity index is 2.03. The molecule has 0 saturated carbocycles. The number of hydrogen-bond acceptors (Lipinski definition) is 3. The second-order valence-electron chi connectivity index (χ2n) is 3.95. The molecule has 14 heavy (non-hydrogen) atoms. The molecule has 78 valence electrons. The van der Waals surface area contributed by atoms with Crippen molar-refractivity contribution in [2.45, 2.75) is 38.3 Å². The van der Waals surface area contributed by atoms with Crippen molar-refractivity contribution in [3.05, 3.63) is 23.7 Å². The van der Waals surface area contributed by atoms with Crippen molar-refractivity contribution < 1.29 is 9.52 Å². The largest absolute Gasteiger partial charge is 0.464 e. The zero-order valence-electron chi connectivity index (χ0n) is 8.49. The maximum Gasteiger partial charge on any atom is 0.134 e. The van der Waals surface area contributed by atoms with E-state index >= 15 is 0 Å². The summed E-state index contributed by atoms with van der Waals surface area (Å²) in [6.45, 7) is 2.89. The number of aliphatic hydroxyl groups excluding tert-OH is 1. The maximum atomic E-state index is 10.0. The van der Waals surface area contributed by atoms with Gasteiger partial charge in [-0.25, -0.2) is 0 Å². The third kappa shape index (κ3) is 1.99. The van der Waals surface area contributed by atoms with Crippen LogP contribution >= 0.6 is 0 Å². The zero-order chi connectivity index (χ0) is 9.97. The predicted octanol–water partition coefficient (Wildman–Crippen LogP) is 1.76. The van der Waals surface area contributed by atoms with Crippen LogP contribution in [0.2, 0.25) is 0 Å². The number of aryl methyl sites for hydroxylation is 1. The van der Waals surface area contributed by atoms with Crippen molar-refractivity contribution in [1.29, 1.82) is 0 Å². The van der Waals surface area contributed by atoms with Gasteiger partial charge >= 0.3 is 0 Å². The quantitative estimate of drug-likeness (QED) is 0.756. The summed E-state index contributed by atoms with van der Waals surface area (Å²) in [7, 11) is 0. The average molecular weight is 195 g/mol. The average Bonchev–Trinajstić information content (AvgIpc) is 2.65. The first-order valence-electron chi connectivity index (χ1n) is 5.25. The van der Waals surface area contributed by atoms with Crippen molar-refractivity contribution in [3.63, 3.8) is 0 Å². The Morgan fingerprint density at radius 2 is 2.36 bits per heavy atom. The van der Waals surface area contributed by atoms with Gasteiger partial charge in [0, 0.05) is 6.04 Å². The molecule has 1 aliphatic rings. The highest BCUT2D eigenvalue weighted by Crippen LogP contribution is 2.24. The molecule has 2 N–H and O–H groups in total. The second-order valence-corrected chi connectivity index (χ2v) is 3.95. The molecule has 0 aromatic carbocycles. The normalized spacial score (nSPS) is 24.9. The van der Waals surface area contributed by atoms with Crippen molar-refractivity contribution in [1.82, 2.24) is 5.32 Å². The standard InChI is InChI=1S/C11H17NO2/c1-8-5-6-10(14-8)11(13)9-4-2-3-7-12-9/h5-6,9,11-13H,2-4,7H2,1H3. The molecule has 0 bridgehead atoms. The smallest absolute Gasteiger partial charge is 0.134 e. The van der Waals surface area contributed by atoms with Crippen LogP contribution in [0.1, 0.15) is 36.9 Å². The van der Waals surface area contributed by atoms with Crippen LogP contribution in [0.3, 0.4) is 0 Å². The van der Waals surface area contributed by atoms with Gasteiger partial charge in [0.25, 0.3) is 0 Å². The van der Waals surface area contributed by atoms with Gasteiger partial charge in [0.15, 0.2) is 0 Å². The van der Waals surface area contributed by atoms with Crippen molar-refractivity contribution >= 4 is 0 Å². The number of rotatable bonds is 2. The van der Waals surface area contributed by atoms with Crippen LogP contribution in [0.4, 0.5) is 0 Å². The SMILES string of the molecule is Cc1ccc(C(O)C2CCCCN2)o1. The maximum absolute atomic E-state index is 10.0. The monoisotopic (exact) mass is 195 g/mol. The summed E-state index contributed by atoms with van der Waals surface area (Å²) >= 11 is 0. The Kier molecular flexibility index (Phi) is 2.89. The van der Waals surface area contributed by atoms with E-state index in [-0.39, 0.29) is 6.04 Å². The van der Waals surface area contributed by atoms with Gasteiger partial charge in [0.05, 0.1) is 0 Å². The molecule has 2 unspecified atom stereocenters. The third-order valence-electron chi connectivity index (χ3n) is 2.78. The van der Waals surface area contributed by atoms with E-state index in [4.69, 9.17) is 4.42 Å². The molecule has 1 aromatic rings. The molecule has 1 aliphatic heterocycles.